The fraction of sp³-hybridized carbons (Fsp3) is 0.545. The second kappa shape index (κ2) is 4.77. The summed E-state index contributed by atoms with van der Waals surface area (Å²) < 4.78 is 0. The standard InChI is InChI=1S/C11H17N5O2/c1-8-7-14(2)5-6-15(8)11-9(16(17)18)3-4-10(12)13-11/h3-4,8H,5-7H2,1-2H3,(H2,12,13). The molecule has 2 heterocycles. The molecule has 1 atom stereocenters. The van der Waals surface area contributed by atoms with Crippen molar-refractivity contribution in [3.63, 3.8) is 0 Å². The predicted molar refractivity (Wildman–Crippen MR) is 69.6 cm³/mol. The molecule has 1 saturated heterocycles. The molecule has 0 spiro atoms. The molecule has 1 aliphatic rings. The van der Waals surface area contributed by atoms with Gasteiger partial charge in [0.2, 0.25) is 5.82 Å². The molecule has 1 fully saturated rings. The fourth-order valence-electron chi connectivity index (χ4n) is 2.26. The summed E-state index contributed by atoms with van der Waals surface area (Å²) in [4.78, 5) is 18.9. The Balaban J connectivity index is 2.37. The van der Waals surface area contributed by atoms with Gasteiger partial charge in [-0.15, -0.1) is 0 Å². The lowest BCUT2D eigenvalue weighted by atomic mass is 10.2. The van der Waals surface area contributed by atoms with Gasteiger partial charge in [0.1, 0.15) is 5.82 Å². The van der Waals surface area contributed by atoms with Crippen LogP contribution in [0.25, 0.3) is 0 Å². The topological polar surface area (TPSA) is 88.5 Å². The first kappa shape index (κ1) is 12.6. The van der Waals surface area contributed by atoms with E-state index < -0.39 is 4.92 Å². The van der Waals surface area contributed by atoms with Gasteiger partial charge in [0.15, 0.2) is 0 Å². The summed E-state index contributed by atoms with van der Waals surface area (Å²) in [6, 6.07) is 3.06. The summed E-state index contributed by atoms with van der Waals surface area (Å²) in [5.74, 6) is 0.683. The molecule has 2 N–H and O–H groups in total. The molecule has 18 heavy (non-hydrogen) atoms. The Morgan fingerprint density at radius 2 is 2.22 bits per heavy atom. The summed E-state index contributed by atoms with van der Waals surface area (Å²) >= 11 is 0. The van der Waals surface area contributed by atoms with Crippen LogP contribution >= 0.6 is 0 Å². The number of aromatic nitrogens is 1. The van der Waals surface area contributed by atoms with Crippen LogP contribution < -0.4 is 10.6 Å². The summed E-state index contributed by atoms with van der Waals surface area (Å²) in [6.45, 7) is 4.46. The Hall–Kier alpha value is -1.89. The number of rotatable bonds is 2. The number of hydrogen-bond acceptors (Lipinski definition) is 6. The molecule has 98 valence electrons. The van der Waals surface area contributed by atoms with Crippen LogP contribution in [-0.2, 0) is 0 Å². The fourth-order valence-corrected chi connectivity index (χ4v) is 2.26. The van der Waals surface area contributed by atoms with Crippen molar-refractivity contribution in [2.45, 2.75) is 13.0 Å². The highest BCUT2D eigenvalue weighted by Gasteiger charge is 2.28. The highest BCUT2D eigenvalue weighted by atomic mass is 16.6. The average molecular weight is 251 g/mol. The molecule has 1 aromatic rings. The first-order valence-corrected chi connectivity index (χ1v) is 5.85. The highest BCUT2D eigenvalue weighted by Crippen LogP contribution is 2.29. The smallest absolute Gasteiger partial charge is 0.311 e. The minimum absolute atomic E-state index is 0.0144. The third-order valence-electron chi connectivity index (χ3n) is 3.18. The predicted octanol–water partition coefficient (Wildman–Crippen LogP) is 0.712. The van der Waals surface area contributed by atoms with E-state index in [1.165, 1.54) is 12.1 Å². The Morgan fingerprint density at radius 3 is 2.83 bits per heavy atom. The lowest BCUT2D eigenvalue weighted by molar-refractivity contribution is -0.384. The van der Waals surface area contributed by atoms with E-state index in [0.29, 0.717) is 11.6 Å². The number of nitro groups is 1. The largest absolute Gasteiger partial charge is 0.384 e. The van der Waals surface area contributed by atoms with Crippen molar-refractivity contribution < 1.29 is 4.92 Å². The minimum atomic E-state index is -0.410. The first-order valence-electron chi connectivity index (χ1n) is 5.85. The zero-order valence-corrected chi connectivity index (χ0v) is 10.5. The van der Waals surface area contributed by atoms with Crippen molar-refractivity contribution in [3.05, 3.63) is 22.2 Å². The van der Waals surface area contributed by atoms with Gasteiger partial charge in [0, 0.05) is 31.7 Å². The molecule has 1 aliphatic heterocycles. The van der Waals surface area contributed by atoms with Crippen molar-refractivity contribution in [2.75, 3.05) is 37.3 Å². The molecular formula is C11H17N5O2. The quantitative estimate of drug-likeness (QED) is 0.615. The Morgan fingerprint density at radius 1 is 1.50 bits per heavy atom. The van der Waals surface area contributed by atoms with Crippen molar-refractivity contribution in [1.29, 1.82) is 0 Å². The molecule has 0 bridgehead atoms. The van der Waals surface area contributed by atoms with Crippen LogP contribution in [0, 0.1) is 10.1 Å². The number of pyridine rings is 1. The van der Waals surface area contributed by atoms with Crippen LogP contribution in [0.5, 0.6) is 0 Å². The lowest BCUT2D eigenvalue weighted by Crippen LogP contribution is -2.51. The van der Waals surface area contributed by atoms with E-state index in [-0.39, 0.29) is 11.7 Å². The molecular weight excluding hydrogens is 234 g/mol. The van der Waals surface area contributed by atoms with Crippen LogP contribution in [0.15, 0.2) is 12.1 Å². The van der Waals surface area contributed by atoms with Crippen molar-refractivity contribution >= 4 is 17.3 Å². The normalized spacial score (nSPS) is 21.0. The number of hydrogen-bond donors (Lipinski definition) is 1. The maximum Gasteiger partial charge on any atom is 0.311 e. The van der Waals surface area contributed by atoms with Gasteiger partial charge in [-0.1, -0.05) is 0 Å². The van der Waals surface area contributed by atoms with E-state index in [4.69, 9.17) is 5.73 Å². The molecule has 0 amide bonds. The number of nitrogens with zero attached hydrogens (tertiary/aromatic N) is 4. The van der Waals surface area contributed by atoms with Crippen LogP contribution in [0.1, 0.15) is 6.92 Å². The molecule has 0 radical (unpaired) electrons. The number of nitrogen functional groups attached to an aromatic ring is 1. The van der Waals surface area contributed by atoms with Gasteiger partial charge < -0.3 is 15.5 Å². The zero-order valence-electron chi connectivity index (χ0n) is 10.5. The molecule has 7 nitrogen and oxygen atoms in total. The van der Waals surface area contributed by atoms with Gasteiger partial charge in [-0.25, -0.2) is 4.98 Å². The summed E-state index contributed by atoms with van der Waals surface area (Å²) in [7, 11) is 2.04. The van der Waals surface area contributed by atoms with Crippen molar-refractivity contribution in [3.8, 4) is 0 Å². The number of likely N-dealkylation sites (N-methyl/N-ethyl adjacent to an activating group) is 1. The molecule has 0 saturated carbocycles. The zero-order chi connectivity index (χ0) is 13.3. The van der Waals surface area contributed by atoms with E-state index in [1.54, 1.807) is 0 Å². The lowest BCUT2D eigenvalue weighted by Gasteiger charge is -2.38. The van der Waals surface area contributed by atoms with Crippen molar-refractivity contribution in [1.82, 2.24) is 9.88 Å². The molecule has 2 rings (SSSR count). The maximum atomic E-state index is 11.0. The third-order valence-corrected chi connectivity index (χ3v) is 3.18. The Labute approximate surface area is 105 Å². The van der Waals surface area contributed by atoms with Gasteiger partial charge in [-0.3, -0.25) is 10.1 Å². The third kappa shape index (κ3) is 2.35. The van der Waals surface area contributed by atoms with E-state index >= 15 is 0 Å². The van der Waals surface area contributed by atoms with E-state index in [0.717, 1.165) is 19.6 Å². The molecule has 7 heteroatoms. The van der Waals surface area contributed by atoms with Gasteiger partial charge in [0.05, 0.1) is 4.92 Å². The van der Waals surface area contributed by atoms with Crippen LogP contribution in [0.2, 0.25) is 0 Å². The number of nitrogens with two attached hydrogens (primary N) is 1. The molecule has 0 aromatic carbocycles. The molecule has 0 aliphatic carbocycles. The summed E-state index contributed by atoms with van der Waals surface area (Å²) in [5, 5.41) is 11.0. The minimum Gasteiger partial charge on any atom is -0.384 e. The monoisotopic (exact) mass is 251 g/mol. The average Bonchev–Trinajstić information content (AvgIpc) is 2.28. The summed E-state index contributed by atoms with van der Waals surface area (Å²) in [5.41, 5.74) is 5.65. The SMILES string of the molecule is CC1CN(C)CCN1c1nc(N)ccc1[N+](=O)[O-]. The van der Waals surface area contributed by atoms with Gasteiger partial charge in [0.25, 0.3) is 0 Å². The van der Waals surface area contributed by atoms with Gasteiger partial charge in [-0.2, -0.15) is 0 Å². The maximum absolute atomic E-state index is 11.0. The van der Waals surface area contributed by atoms with E-state index in [9.17, 15) is 10.1 Å². The Kier molecular flexibility index (Phi) is 3.33. The Bertz CT molecular complexity index is 465. The molecule has 1 unspecified atom stereocenters. The first-order chi connectivity index (χ1) is 8.49. The van der Waals surface area contributed by atoms with Gasteiger partial charge >= 0.3 is 5.69 Å². The van der Waals surface area contributed by atoms with E-state index in [1.807, 2.05) is 18.9 Å². The molecule has 1 aromatic heterocycles. The summed E-state index contributed by atoms with van der Waals surface area (Å²) in [6.07, 6.45) is 0. The number of anilines is 2. The van der Waals surface area contributed by atoms with E-state index in [2.05, 4.69) is 9.88 Å². The highest BCUT2D eigenvalue weighted by molar-refractivity contribution is 5.61. The van der Waals surface area contributed by atoms with Crippen LogP contribution in [-0.4, -0.2) is 47.5 Å². The second-order valence-corrected chi connectivity index (χ2v) is 4.64. The van der Waals surface area contributed by atoms with Crippen LogP contribution in [0.4, 0.5) is 17.3 Å². The van der Waals surface area contributed by atoms with Crippen molar-refractivity contribution in [2.24, 2.45) is 0 Å². The second-order valence-electron chi connectivity index (χ2n) is 4.64. The number of piperazine rings is 1. The van der Waals surface area contributed by atoms with Gasteiger partial charge in [-0.05, 0) is 20.0 Å². The van der Waals surface area contributed by atoms with Crippen LogP contribution in [0.3, 0.4) is 0 Å².